The molecule has 0 aromatic heterocycles. The monoisotopic (exact) mass is 198 g/mol. The standard InChI is InChI=1S/C9H14N2O3/c12-8(13)4-7-5-9(2-1-3-9)6-11(7)10-14/h7H,1-6H2,(H,12,13). The van der Waals surface area contributed by atoms with Crippen molar-refractivity contribution in [3.63, 3.8) is 0 Å². The van der Waals surface area contributed by atoms with Crippen LogP contribution >= 0.6 is 0 Å². The Morgan fingerprint density at radius 1 is 1.57 bits per heavy atom. The van der Waals surface area contributed by atoms with Gasteiger partial charge in [0.25, 0.3) is 0 Å². The van der Waals surface area contributed by atoms with E-state index in [0.29, 0.717) is 6.54 Å². The molecule has 0 amide bonds. The largest absolute Gasteiger partial charge is 0.481 e. The van der Waals surface area contributed by atoms with E-state index in [9.17, 15) is 9.70 Å². The van der Waals surface area contributed by atoms with Crippen LogP contribution in [0.3, 0.4) is 0 Å². The lowest BCUT2D eigenvalue weighted by Crippen LogP contribution is -2.31. The molecule has 1 saturated heterocycles. The maximum atomic E-state index is 10.6. The lowest BCUT2D eigenvalue weighted by Gasteiger charge is -2.37. The summed E-state index contributed by atoms with van der Waals surface area (Å²) in [6, 6.07) is -0.176. The summed E-state index contributed by atoms with van der Waals surface area (Å²) < 4.78 is 0. The first-order chi connectivity index (χ1) is 6.65. The Morgan fingerprint density at radius 3 is 2.71 bits per heavy atom. The van der Waals surface area contributed by atoms with Crippen molar-refractivity contribution >= 4 is 5.97 Å². The molecule has 1 spiro atoms. The van der Waals surface area contributed by atoms with Crippen LogP contribution in [0.4, 0.5) is 0 Å². The van der Waals surface area contributed by atoms with Crippen molar-refractivity contribution in [3.8, 4) is 0 Å². The van der Waals surface area contributed by atoms with Crippen LogP contribution in [0.25, 0.3) is 0 Å². The minimum Gasteiger partial charge on any atom is -0.481 e. The van der Waals surface area contributed by atoms with Gasteiger partial charge in [0.05, 0.1) is 17.7 Å². The van der Waals surface area contributed by atoms with Crippen molar-refractivity contribution in [1.29, 1.82) is 0 Å². The van der Waals surface area contributed by atoms with Crippen LogP contribution in [-0.4, -0.2) is 28.7 Å². The van der Waals surface area contributed by atoms with Crippen LogP contribution in [-0.2, 0) is 4.79 Å². The van der Waals surface area contributed by atoms with Gasteiger partial charge in [-0.1, -0.05) is 6.42 Å². The number of hydrogen-bond acceptors (Lipinski definition) is 3. The second-order valence-corrected chi connectivity index (χ2v) is 4.49. The SMILES string of the molecule is O=NN1CC2(CCC2)CC1CC(=O)O. The van der Waals surface area contributed by atoms with E-state index in [1.165, 1.54) is 11.4 Å². The molecule has 1 aliphatic heterocycles. The predicted molar refractivity (Wildman–Crippen MR) is 49.4 cm³/mol. The molecule has 0 radical (unpaired) electrons. The summed E-state index contributed by atoms with van der Waals surface area (Å²) in [5.41, 5.74) is 0.216. The van der Waals surface area contributed by atoms with E-state index in [-0.39, 0.29) is 17.9 Å². The summed E-state index contributed by atoms with van der Waals surface area (Å²) in [6.07, 6.45) is 4.30. The molecule has 14 heavy (non-hydrogen) atoms. The van der Waals surface area contributed by atoms with Crippen LogP contribution in [0.1, 0.15) is 32.1 Å². The highest BCUT2D eigenvalue weighted by molar-refractivity contribution is 5.67. The number of nitroso groups, excluding NO2 is 1. The molecular weight excluding hydrogens is 184 g/mol. The Morgan fingerprint density at radius 2 is 2.29 bits per heavy atom. The Bertz CT molecular complexity index is 263. The summed E-state index contributed by atoms with van der Waals surface area (Å²) in [6.45, 7) is 0.661. The van der Waals surface area contributed by atoms with Gasteiger partial charge in [-0.2, -0.15) is 0 Å². The van der Waals surface area contributed by atoms with E-state index < -0.39 is 5.97 Å². The highest BCUT2D eigenvalue weighted by Gasteiger charge is 2.48. The number of hydrogen-bond donors (Lipinski definition) is 1. The average Bonchev–Trinajstić information content (AvgIpc) is 2.42. The van der Waals surface area contributed by atoms with Crippen LogP contribution in [0.15, 0.2) is 5.29 Å². The summed E-state index contributed by atoms with van der Waals surface area (Å²) in [5, 5.41) is 13.0. The van der Waals surface area contributed by atoms with Gasteiger partial charge in [-0.3, -0.25) is 9.80 Å². The fraction of sp³-hybridized carbons (Fsp3) is 0.889. The maximum absolute atomic E-state index is 10.6. The second kappa shape index (κ2) is 3.22. The average molecular weight is 198 g/mol. The van der Waals surface area contributed by atoms with Crippen molar-refractivity contribution in [3.05, 3.63) is 4.91 Å². The first-order valence-corrected chi connectivity index (χ1v) is 4.97. The van der Waals surface area contributed by atoms with Crippen LogP contribution in [0, 0.1) is 10.3 Å². The number of aliphatic carboxylic acids is 1. The third-order valence-electron chi connectivity index (χ3n) is 3.52. The molecule has 1 atom stereocenters. The van der Waals surface area contributed by atoms with Gasteiger partial charge in [0.2, 0.25) is 0 Å². The van der Waals surface area contributed by atoms with Gasteiger partial charge in [-0.15, -0.1) is 4.91 Å². The molecule has 2 aliphatic rings. The van der Waals surface area contributed by atoms with Crippen LogP contribution < -0.4 is 0 Å². The lowest BCUT2D eigenvalue weighted by atomic mass is 9.67. The molecule has 1 saturated carbocycles. The number of rotatable bonds is 3. The van der Waals surface area contributed by atoms with Gasteiger partial charge in [0.1, 0.15) is 0 Å². The molecule has 2 fully saturated rings. The zero-order valence-corrected chi connectivity index (χ0v) is 7.98. The molecular formula is C9H14N2O3. The maximum Gasteiger partial charge on any atom is 0.305 e. The van der Waals surface area contributed by atoms with Crippen molar-refractivity contribution in [2.75, 3.05) is 6.54 Å². The van der Waals surface area contributed by atoms with Crippen molar-refractivity contribution in [2.24, 2.45) is 10.7 Å². The molecule has 0 bridgehead atoms. The minimum atomic E-state index is -0.847. The number of carboxylic acids is 1. The van der Waals surface area contributed by atoms with Gasteiger partial charge in [-0.05, 0) is 24.7 Å². The molecule has 5 nitrogen and oxygen atoms in total. The zero-order chi connectivity index (χ0) is 10.2. The van der Waals surface area contributed by atoms with Crippen molar-refractivity contribution in [1.82, 2.24) is 5.01 Å². The molecule has 2 rings (SSSR count). The number of carbonyl (C=O) groups is 1. The van der Waals surface area contributed by atoms with E-state index in [1.807, 2.05) is 0 Å². The summed E-state index contributed by atoms with van der Waals surface area (Å²) in [7, 11) is 0. The van der Waals surface area contributed by atoms with Crippen LogP contribution in [0.5, 0.6) is 0 Å². The second-order valence-electron chi connectivity index (χ2n) is 4.49. The highest BCUT2D eigenvalue weighted by atomic mass is 16.4. The quantitative estimate of drug-likeness (QED) is 0.695. The van der Waals surface area contributed by atoms with E-state index in [4.69, 9.17) is 5.11 Å². The molecule has 0 aromatic rings. The highest BCUT2D eigenvalue weighted by Crippen LogP contribution is 2.50. The van der Waals surface area contributed by atoms with Crippen LogP contribution in [0.2, 0.25) is 0 Å². The van der Waals surface area contributed by atoms with E-state index in [0.717, 1.165) is 19.3 Å². The first kappa shape index (κ1) is 9.43. The molecule has 1 aliphatic carbocycles. The van der Waals surface area contributed by atoms with Gasteiger partial charge in [-0.25, -0.2) is 0 Å². The fourth-order valence-corrected chi connectivity index (χ4v) is 2.66. The third kappa shape index (κ3) is 1.47. The predicted octanol–water partition coefficient (Wildman–Crippen LogP) is 1.39. The van der Waals surface area contributed by atoms with E-state index >= 15 is 0 Å². The molecule has 1 heterocycles. The summed E-state index contributed by atoms with van der Waals surface area (Å²) >= 11 is 0. The smallest absolute Gasteiger partial charge is 0.305 e. The van der Waals surface area contributed by atoms with Crippen molar-refractivity contribution in [2.45, 2.75) is 38.1 Å². The number of nitrogens with zero attached hydrogens (tertiary/aromatic N) is 2. The summed E-state index contributed by atoms with van der Waals surface area (Å²) in [4.78, 5) is 21.1. The van der Waals surface area contributed by atoms with E-state index in [1.54, 1.807) is 0 Å². The molecule has 78 valence electrons. The van der Waals surface area contributed by atoms with Crippen molar-refractivity contribution < 1.29 is 9.90 Å². The molecule has 5 heteroatoms. The Labute approximate surface area is 82.0 Å². The normalized spacial score (nSPS) is 28.9. The number of carboxylic acid groups (broad SMARTS) is 1. The molecule has 0 aromatic carbocycles. The molecule has 1 unspecified atom stereocenters. The Hall–Kier alpha value is -1.13. The molecule has 1 N–H and O–H groups in total. The van der Waals surface area contributed by atoms with E-state index in [2.05, 4.69) is 5.29 Å². The van der Waals surface area contributed by atoms with Gasteiger partial charge < -0.3 is 5.11 Å². The fourth-order valence-electron chi connectivity index (χ4n) is 2.66. The van der Waals surface area contributed by atoms with Gasteiger partial charge >= 0.3 is 5.97 Å². The van der Waals surface area contributed by atoms with Gasteiger partial charge in [0.15, 0.2) is 0 Å². The minimum absolute atomic E-state index is 0.0352. The lowest BCUT2D eigenvalue weighted by molar-refractivity contribution is -0.138. The Kier molecular flexibility index (Phi) is 2.17. The topological polar surface area (TPSA) is 70.0 Å². The zero-order valence-electron chi connectivity index (χ0n) is 7.98. The van der Waals surface area contributed by atoms with Gasteiger partial charge in [0, 0.05) is 6.54 Å². The first-order valence-electron chi connectivity index (χ1n) is 4.97. The Balaban J connectivity index is 2.01. The third-order valence-corrected chi connectivity index (χ3v) is 3.52. The summed E-state index contributed by atoms with van der Waals surface area (Å²) in [5.74, 6) is -0.847.